The lowest BCUT2D eigenvalue weighted by atomic mass is 9.97. The first-order chi connectivity index (χ1) is 14.8. The molecule has 12 nitrogen and oxygen atoms in total. The van der Waals surface area contributed by atoms with Gasteiger partial charge in [-0.05, 0) is 41.5 Å². The third-order valence-electron chi connectivity index (χ3n) is 3.61. The van der Waals surface area contributed by atoms with Crippen LogP contribution in [0.15, 0.2) is 0 Å². The summed E-state index contributed by atoms with van der Waals surface area (Å²) < 4.78 is 19.1. The second kappa shape index (κ2) is 15.2. The maximum Gasteiger partial charge on any atom is 0.410 e. The van der Waals surface area contributed by atoms with Gasteiger partial charge in [0.05, 0.1) is 10.8 Å². The summed E-state index contributed by atoms with van der Waals surface area (Å²) in [5, 5.41) is 11.3. The Morgan fingerprint density at radius 3 is 1.16 bits per heavy atom. The Morgan fingerprint density at radius 2 is 0.844 bits per heavy atom. The predicted octanol–water partition coefficient (Wildman–Crippen LogP) is 0.712. The number of carbonyl (C=O) groups is 4. The first kappa shape index (κ1) is 29.4. The minimum atomic E-state index is -0.669. The van der Waals surface area contributed by atoms with E-state index in [1.54, 1.807) is 41.5 Å². The Morgan fingerprint density at radius 1 is 0.531 bits per heavy atom. The Hall–Kier alpha value is -2.60. The molecule has 0 aromatic heterocycles. The van der Waals surface area contributed by atoms with Crippen molar-refractivity contribution in [2.24, 2.45) is 10.8 Å². The van der Waals surface area contributed by atoms with Gasteiger partial charge < -0.3 is 40.2 Å². The molecule has 12 heteroatoms. The molecule has 0 aromatic carbocycles. The van der Waals surface area contributed by atoms with E-state index in [0.717, 1.165) is 0 Å². The number of carbonyl (C=O) groups excluding carboxylic acids is 4. The fraction of sp³-hybridized carbons (Fsp3) is 0.800. The fourth-order valence-electron chi connectivity index (χ4n) is 1.74. The van der Waals surface area contributed by atoms with E-state index in [9.17, 15) is 19.2 Å². The summed E-state index contributed by atoms with van der Waals surface area (Å²) in [6, 6.07) is 0. The molecule has 0 aliphatic heterocycles. The van der Waals surface area contributed by atoms with E-state index in [1.165, 1.54) is 0 Å². The van der Waals surface area contributed by atoms with Gasteiger partial charge in [-0.3, -0.25) is 9.59 Å². The highest BCUT2D eigenvalue weighted by molar-refractivity contribution is 5.76. The number of ether oxygens (including phenoxy) is 4. The Labute approximate surface area is 189 Å². The zero-order valence-electron chi connectivity index (χ0n) is 19.9. The molecule has 0 rings (SSSR count). The molecule has 0 spiro atoms. The number of alkyl carbamates (subject to hydrolysis) is 2. The monoisotopic (exact) mass is 462 g/mol. The molecule has 0 heterocycles. The highest BCUT2D eigenvalue weighted by Crippen LogP contribution is 2.15. The highest BCUT2D eigenvalue weighted by Gasteiger charge is 2.24. The highest BCUT2D eigenvalue weighted by atomic mass is 16.7. The van der Waals surface area contributed by atoms with Gasteiger partial charge in [-0.25, -0.2) is 9.59 Å². The van der Waals surface area contributed by atoms with E-state index < -0.39 is 48.5 Å². The molecule has 186 valence electrons. The van der Waals surface area contributed by atoms with Crippen LogP contribution in [0.4, 0.5) is 9.59 Å². The third kappa shape index (κ3) is 16.1. The van der Waals surface area contributed by atoms with Gasteiger partial charge in [0.15, 0.2) is 0 Å². The lowest BCUT2D eigenvalue weighted by molar-refractivity contribution is -0.162. The average molecular weight is 463 g/mol. The predicted molar refractivity (Wildman–Crippen MR) is 116 cm³/mol. The second-order valence-corrected chi connectivity index (χ2v) is 8.82. The van der Waals surface area contributed by atoms with Crippen molar-refractivity contribution in [3.63, 3.8) is 0 Å². The van der Waals surface area contributed by atoms with Crippen LogP contribution >= 0.6 is 0 Å². The molecule has 0 aromatic rings. The summed E-state index contributed by atoms with van der Waals surface area (Å²) in [6.07, 6.45) is -1.34. The number of esters is 2. The summed E-state index contributed by atoms with van der Waals surface area (Å²) in [6.45, 7) is 12.4. The van der Waals surface area contributed by atoms with Gasteiger partial charge in [0.1, 0.15) is 0 Å². The number of amides is 2. The van der Waals surface area contributed by atoms with Crippen molar-refractivity contribution in [3.05, 3.63) is 0 Å². The van der Waals surface area contributed by atoms with Gasteiger partial charge in [0.25, 0.3) is 0 Å². The van der Waals surface area contributed by atoms with Crippen molar-refractivity contribution in [1.29, 1.82) is 0 Å². The van der Waals surface area contributed by atoms with Gasteiger partial charge in [-0.15, -0.1) is 0 Å². The molecule has 0 atom stereocenters. The molecular formula is C20H38N4O8. The van der Waals surface area contributed by atoms with Crippen molar-refractivity contribution < 1.29 is 38.1 Å². The van der Waals surface area contributed by atoms with Gasteiger partial charge >= 0.3 is 24.1 Å². The number of hydrogen-bond acceptors (Lipinski definition) is 10. The summed E-state index contributed by atoms with van der Waals surface area (Å²) in [5.74, 6) is -0.902. The smallest absolute Gasteiger partial charge is 0.410 e. The Kier molecular flexibility index (Phi) is 14.0. The van der Waals surface area contributed by atoms with Crippen molar-refractivity contribution in [1.82, 2.24) is 21.3 Å². The Balaban J connectivity index is 3.48. The van der Waals surface area contributed by atoms with Crippen LogP contribution in [0.3, 0.4) is 0 Å². The molecule has 0 aliphatic carbocycles. The lowest BCUT2D eigenvalue weighted by Crippen LogP contribution is -2.38. The van der Waals surface area contributed by atoms with Crippen molar-refractivity contribution in [2.75, 3.05) is 52.9 Å². The summed E-state index contributed by atoms with van der Waals surface area (Å²) in [5.41, 5.74) is -1.31. The summed E-state index contributed by atoms with van der Waals surface area (Å²) >= 11 is 0. The second-order valence-electron chi connectivity index (χ2n) is 8.82. The molecule has 4 N–H and O–H groups in total. The van der Waals surface area contributed by atoms with Crippen LogP contribution in [0, 0.1) is 10.8 Å². The molecule has 0 aliphatic rings. The first-order valence-electron chi connectivity index (χ1n) is 10.4. The maximum atomic E-state index is 11.5. The molecule has 0 saturated carbocycles. The molecule has 0 unspecified atom stereocenters. The van der Waals surface area contributed by atoms with Crippen LogP contribution in [0.5, 0.6) is 0 Å². The van der Waals surface area contributed by atoms with Crippen LogP contribution in [-0.2, 0) is 28.5 Å². The lowest BCUT2D eigenvalue weighted by Gasteiger charge is -2.16. The topological polar surface area (TPSA) is 153 Å². The van der Waals surface area contributed by atoms with Crippen LogP contribution in [0.2, 0.25) is 0 Å². The normalized spacial score (nSPS) is 11.3. The molecule has 0 radical (unpaired) electrons. The van der Waals surface area contributed by atoms with E-state index in [2.05, 4.69) is 21.3 Å². The molecule has 0 bridgehead atoms. The molecule has 2 amide bonds. The molecule has 0 fully saturated rings. The average Bonchev–Trinajstić information content (AvgIpc) is 2.67. The minimum absolute atomic E-state index is 0.346. The standard InChI is InChI=1S/C20H38N4O8/c1-19(2,3)15(25)29-13-31-17(27)23-11-9-21-7-8-22-10-12-24-18(28)32-14-30-16(26)20(4,5)6/h21-22H,7-14H2,1-6H3,(H,23,27)(H,24,28). The van der Waals surface area contributed by atoms with E-state index >= 15 is 0 Å². The summed E-state index contributed by atoms with van der Waals surface area (Å²) in [4.78, 5) is 45.9. The van der Waals surface area contributed by atoms with E-state index in [0.29, 0.717) is 39.3 Å². The Bertz CT molecular complexity index is 547. The van der Waals surface area contributed by atoms with E-state index in [1.807, 2.05) is 0 Å². The van der Waals surface area contributed by atoms with Crippen LogP contribution in [0.1, 0.15) is 41.5 Å². The van der Waals surface area contributed by atoms with Crippen LogP contribution in [-0.4, -0.2) is 77.0 Å². The van der Waals surface area contributed by atoms with Crippen molar-refractivity contribution in [3.8, 4) is 0 Å². The maximum absolute atomic E-state index is 11.5. The van der Waals surface area contributed by atoms with Gasteiger partial charge in [0.2, 0.25) is 13.6 Å². The first-order valence-corrected chi connectivity index (χ1v) is 10.4. The zero-order chi connectivity index (χ0) is 24.6. The SMILES string of the molecule is CC(C)(C)C(=O)OCOC(=O)NCCNCCNCCNC(=O)OCOC(=O)C(C)(C)C. The number of hydrogen-bond donors (Lipinski definition) is 4. The van der Waals surface area contributed by atoms with Crippen molar-refractivity contribution in [2.45, 2.75) is 41.5 Å². The quantitative estimate of drug-likeness (QED) is 0.175. The molecular weight excluding hydrogens is 424 g/mol. The van der Waals surface area contributed by atoms with Crippen LogP contribution in [0.25, 0.3) is 0 Å². The van der Waals surface area contributed by atoms with Gasteiger partial charge in [-0.2, -0.15) is 0 Å². The molecule has 0 saturated heterocycles. The van der Waals surface area contributed by atoms with E-state index in [4.69, 9.17) is 18.9 Å². The summed E-state index contributed by atoms with van der Waals surface area (Å²) in [7, 11) is 0. The zero-order valence-corrected chi connectivity index (χ0v) is 19.9. The fourth-order valence-corrected chi connectivity index (χ4v) is 1.74. The van der Waals surface area contributed by atoms with Crippen molar-refractivity contribution >= 4 is 24.1 Å². The van der Waals surface area contributed by atoms with E-state index in [-0.39, 0.29) is 0 Å². The van der Waals surface area contributed by atoms with Crippen LogP contribution < -0.4 is 21.3 Å². The number of nitrogens with one attached hydrogen (secondary N) is 4. The molecule has 32 heavy (non-hydrogen) atoms. The largest absolute Gasteiger partial charge is 0.427 e. The van der Waals surface area contributed by atoms with Gasteiger partial charge in [-0.1, -0.05) is 0 Å². The minimum Gasteiger partial charge on any atom is -0.427 e. The van der Waals surface area contributed by atoms with Gasteiger partial charge in [0, 0.05) is 39.3 Å². The third-order valence-corrected chi connectivity index (χ3v) is 3.61. The number of rotatable bonds is 13.